The average molecular weight is 345 g/mol. The summed E-state index contributed by atoms with van der Waals surface area (Å²) in [4.78, 5) is 4.57. The number of aromatic nitrogens is 1. The number of phenolic OH excluding ortho intramolecular Hbond substituents is 1. The van der Waals surface area contributed by atoms with Gasteiger partial charge in [0.2, 0.25) is 5.13 Å². The summed E-state index contributed by atoms with van der Waals surface area (Å²) in [5.74, 6) is 0.198. The van der Waals surface area contributed by atoms with E-state index in [-0.39, 0.29) is 5.75 Å². The second kappa shape index (κ2) is 6.75. The molecule has 4 nitrogen and oxygen atoms in total. The third-order valence-corrected chi connectivity index (χ3v) is 4.60. The van der Waals surface area contributed by atoms with Crippen LogP contribution in [0.1, 0.15) is 5.56 Å². The van der Waals surface area contributed by atoms with Crippen molar-refractivity contribution < 1.29 is 5.11 Å². The molecule has 0 aliphatic carbocycles. The molecule has 5 heteroatoms. The highest BCUT2D eigenvalue weighted by atomic mass is 32.1. The standard InChI is InChI=1S/C20H15N3OS/c24-19-8-4-3-7-17(19)12-21-23-20-22-18(13-25-20)16-10-9-14-5-1-2-6-15(14)11-16/h1-13,24H,(H,22,23)/b21-12+. The molecule has 0 amide bonds. The Bertz CT molecular complexity index is 1060. The van der Waals surface area contributed by atoms with Crippen LogP contribution in [0, 0.1) is 0 Å². The van der Waals surface area contributed by atoms with E-state index in [2.05, 4.69) is 45.8 Å². The molecule has 0 saturated heterocycles. The van der Waals surface area contributed by atoms with Crippen LogP contribution in [0.15, 0.2) is 77.2 Å². The van der Waals surface area contributed by atoms with E-state index in [9.17, 15) is 5.11 Å². The van der Waals surface area contributed by atoms with Gasteiger partial charge in [-0.1, -0.05) is 48.5 Å². The number of anilines is 1. The van der Waals surface area contributed by atoms with E-state index in [0.717, 1.165) is 11.3 Å². The molecule has 0 bridgehead atoms. The van der Waals surface area contributed by atoms with Crippen molar-refractivity contribution in [2.45, 2.75) is 0 Å². The van der Waals surface area contributed by atoms with Gasteiger partial charge in [-0.05, 0) is 29.0 Å². The molecule has 4 aromatic rings. The SMILES string of the molecule is Oc1ccccc1/C=N/Nc1nc(-c2ccc3ccccc3c2)cs1. The Labute approximate surface area is 149 Å². The smallest absolute Gasteiger partial charge is 0.203 e. The minimum atomic E-state index is 0.198. The number of rotatable bonds is 4. The van der Waals surface area contributed by atoms with Crippen molar-refractivity contribution in [3.63, 3.8) is 0 Å². The number of nitrogens with one attached hydrogen (secondary N) is 1. The van der Waals surface area contributed by atoms with Gasteiger partial charge >= 0.3 is 0 Å². The second-order valence-electron chi connectivity index (χ2n) is 5.53. The lowest BCUT2D eigenvalue weighted by atomic mass is 10.1. The maximum Gasteiger partial charge on any atom is 0.203 e. The highest BCUT2D eigenvalue weighted by Gasteiger charge is 2.05. The first kappa shape index (κ1) is 15.4. The van der Waals surface area contributed by atoms with Crippen molar-refractivity contribution in [2.75, 3.05) is 5.43 Å². The maximum atomic E-state index is 9.71. The quantitative estimate of drug-likeness (QED) is 0.399. The van der Waals surface area contributed by atoms with Gasteiger partial charge in [-0.2, -0.15) is 5.10 Å². The van der Waals surface area contributed by atoms with Crippen molar-refractivity contribution >= 4 is 33.5 Å². The van der Waals surface area contributed by atoms with Gasteiger partial charge < -0.3 is 5.11 Å². The van der Waals surface area contributed by atoms with Crippen LogP contribution in [-0.2, 0) is 0 Å². The Morgan fingerprint density at radius 1 is 0.960 bits per heavy atom. The second-order valence-corrected chi connectivity index (χ2v) is 6.39. The van der Waals surface area contributed by atoms with Crippen LogP contribution in [0.2, 0.25) is 0 Å². The number of hydrazone groups is 1. The number of benzene rings is 3. The maximum absolute atomic E-state index is 9.71. The summed E-state index contributed by atoms with van der Waals surface area (Å²) in [6.45, 7) is 0. The van der Waals surface area contributed by atoms with Gasteiger partial charge in [0, 0.05) is 16.5 Å². The molecule has 0 fully saturated rings. The molecule has 0 saturated carbocycles. The zero-order chi connectivity index (χ0) is 17.1. The minimum Gasteiger partial charge on any atom is -0.507 e. The van der Waals surface area contributed by atoms with Gasteiger partial charge in [0.25, 0.3) is 0 Å². The van der Waals surface area contributed by atoms with Crippen LogP contribution in [0.3, 0.4) is 0 Å². The lowest BCUT2D eigenvalue weighted by Crippen LogP contribution is -1.90. The summed E-state index contributed by atoms with van der Waals surface area (Å²) in [5, 5.41) is 19.0. The molecule has 0 aliphatic rings. The predicted molar refractivity (Wildman–Crippen MR) is 104 cm³/mol. The van der Waals surface area contributed by atoms with Gasteiger partial charge in [0.15, 0.2) is 0 Å². The van der Waals surface area contributed by atoms with Crippen LogP contribution in [0.5, 0.6) is 5.75 Å². The Kier molecular flexibility index (Phi) is 4.14. The number of nitrogens with zero attached hydrogens (tertiary/aromatic N) is 2. The molecule has 0 aliphatic heterocycles. The molecule has 25 heavy (non-hydrogen) atoms. The number of fused-ring (bicyclic) bond motifs is 1. The zero-order valence-electron chi connectivity index (χ0n) is 13.3. The number of aromatic hydroxyl groups is 1. The molecular formula is C20H15N3OS. The van der Waals surface area contributed by atoms with Gasteiger partial charge in [-0.25, -0.2) is 4.98 Å². The molecule has 4 rings (SSSR count). The molecule has 0 atom stereocenters. The highest BCUT2D eigenvalue weighted by Crippen LogP contribution is 2.27. The number of hydrogen-bond donors (Lipinski definition) is 2. The fourth-order valence-corrected chi connectivity index (χ4v) is 3.23. The molecule has 1 heterocycles. The van der Waals surface area contributed by atoms with E-state index in [1.54, 1.807) is 24.4 Å². The monoisotopic (exact) mass is 345 g/mol. The fraction of sp³-hybridized carbons (Fsp3) is 0. The van der Waals surface area contributed by atoms with Crippen molar-refractivity contribution in [1.29, 1.82) is 0 Å². The molecule has 3 aromatic carbocycles. The molecular weight excluding hydrogens is 330 g/mol. The first-order valence-electron chi connectivity index (χ1n) is 7.81. The number of para-hydroxylation sites is 1. The van der Waals surface area contributed by atoms with E-state index in [1.807, 2.05) is 23.6 Å². The Morgan fingerprint density at radius 2 is 1.76 bits per heavy atom. The van der Waals surface area contributed by atoms with Crippen molar-refractivity contribution in [3.05, 3.63) is 77.7 Å². The first-order valence-corrected chi connectivity index (χ1v) is 8.69. The van der Waals surface area contributed by atoms with Gasteiger partial charge in [-0.15, -0.1) is 11.3 Å². The number of phenols is 1. The largest absolute Gasteiger partial charge is 0.507 e. The minimum absolute atomic E-state index is 0.198. The van der Waals surface area contributed by atoms with Crippen LogP contribution >= 0.6 is 11.3 Å². The molecule has 2 N–H and O–H groups in total. The third-order valence-electron chi connectivity index (χ3n) is 3.85. The molecule has 1 aromatic heterocycles. The molecule has 0 radical (unpaired) electrons. The van der Waals surface area contributed by atoms with Crippen LogP contribution < -0.4 is 5.43 Å². The van der Waals surface area contributed by atoms with Crippen molar-refractivity contribution in [3.8, 4) is 17.0 Å². The fourth-order valence-electron chi connectivity index (χ4n) is 2.56. The van der Waals surface area contributed by atoms with Crippen LogP contribution in [-0.4, -0.2) is 16.3 Å². The van der Waals surface area contributed by atoms with E-state index >= 15 is 0 Å². The molecule has 122 valence electrons. The van der Waals surface area contributed by atoms with Crippen LogP contribution in [0.25, 0.3) is 22.0 Å². The van der Waals surface area contributed by atoms with Crippen molar-refractivity contribution in [2.24, 2.45) is 5.10 Å². The Morgan fingerprint density at radius 3 is 2.64 bits per heavy atom. The van der Waals surface area contributed by atoms with Gasteiger partial charge in [0.05, 0.1) is 11.9 Å². The van der Waals surface area contributed by atoms with E-state index < -0.39 is 0 Å². The van der Waals surface area contributed by atoms with Crippen molar-refractivity contribution in [1.82, 2.24) is 4.98 Å². The summed E-state index contributed by atoms with van der Waals surface area (Å²) in [6, 6.07) is 21.6. The summed E-state index contributed by atoms with van der Waals surface area (Å²) < 4.78 is 0. The van der Waals surface area contributed by atoms with E-state index in [4.69, 9.17) is 0 Å². The summed E-state index contributed by atoms with van der Waals surface area (Å²) in [6.07, 6.45) is 1.58. The normalized spacial score (nSPS) is 11.2. The molecule has 0 spiro atoms. The van der Waals surface area contributed by atoms with E-state index in [0.29, 0.717) is 10.7 Å². The predicted octanol–water partition coefficient (Wildman–Crippen LogP) is 5.11. The van der Waals surface area contributed by atoms with Gasteiger partial charge in [-0.3, -0.25) is 5.43 Å². The Hall–Kier alpha value is -3.18. The summed E-state index contributed by atoms with van der Waals surface area (Å²) in [7, 11) is 0. The Balaban J connectivity index is 1.52. The van der Waals surface area contributed by atoms with E-state index in [1.165, 1.54) is 22.1 Å². The summed E-state index contributed by atoms with van der Waals surface area (Å²) in [5.41, 5.74) is 5.56. The first-order chi connectivity index (χ1) is 12.3. The number of thiazole rings is 1. The van der Waals surface area contributed by atoms with Gasteiger partial charge in [0.1, 0.15) is 5.75 Å². The molecule has 0 unspecified atom stereocenters. The lowest BCUT2D eigenvalue weighted by molar-refractivity contribution is 0.474. The topological polar surface area (TPSA) is 57.5 Å². The summed E-state index contributed by atoms with van der Waals surface area (Å²) >= 11 is 1.49. The highest BCUT2D eigenvalue weighted by molar-refractivity contribution is 7.14. The number of hydrogen-bond acceptors (Lipinski definition) is 5. The zero-order valence-corrected chi connectivity index (χ0v) is 14.1. The third kappa shape index (κ3) is 3.36. The lowest BCUT2D eigenvalue weighted by Gasteiger charge is -2.01. The van der Waals surface area contributed by atoms with Crippen LogP contribution in [0.4, 0.5) is 5.13 Å². The average Bonchev–Trinajstić information content (AvgIpc) is 3.12.